The summed E-state index contributed by atoms with van der Waals surface area (Å²) in [5, 5.41) is 23.2. The van der Waals surface area contributed by atoms with Crippen LogP contribution >= 0.6 is 0 Å². The number of hydrogen-bond acceptors (Lipinski definition) is 3. The molecule has 4 nitrogen and oxygen atoms in total. The molecule has 2 atom stereocenters. The van der Waals surface area contributed by atoms with E-state index in [1.165, 1.54) is 199 Å². The minimum atomic E-state index is -0.652. The maximum Gasteiger partial charge on any atom is 0.220 e. The van der Waals surface area contributed by atoms with E-state index in [1.807, 2.05) is 0 Å². The van der Waals surface area contributed by atoms with Gasteiger partial charge in [-0.2, -0.15) is 0 Å². The predicted molar refractivity (Wildman–Crippen MR) is 207 cm³/mol. The van der Waals surface area contributed by atoms with Gasteiger partial charge in [0.25, 0.3) is 0 Å². The monoisotopic (exact) mass is 666 g/mol. The predicted octanol–water partition coefficient (Wildman–Crippen LogP) is 13.3. The van der Waals surface area contributed by atoms with Crippen molar-refractivity contribution in [3.8, 4) is 0 Å². The van der Waals surface area contributed by atoms with Gasteiger partial charge in [0.15, 0.2) is 0 Å². The van der Waals surface area contributed by atoms with Crippen molar-refractivity contribution in [2.75, 3.05) is 6.61 Å². The van der Waals surface area contributed by atoms with Crippen LogP contribution < -0.4 is 5.32 Å². The van der Waals surface area contributed by atoms with E-state index >= 15 is 0 Å². The highest BCUT2D eigenvalue weighted by Crippen LogP contribution is 2.17. The van der Waals surface area contributed by atoms with E-state index in [1.54, 1.807) is 0 Å². The lowest BCUT2D eigenvalue weighted by Gasteiger charge is -2.22. The van der Waals surface area contributed by atoms with Crippen molar-refractivity contribution >= 4 is 5.91 Å². The number of hydrogen-bond donors (Lipinski definition) is 3. The summed E-state index contributed by atoms with van der Waals surface area (Å²) in [4.78, 5) is 12.4. The molecule has 0 fully saturated rings. The third-order valence-corrected chi connectivity index (χ3v) is 10.4. The minimum Gasteiger partial charge on any atom is -0.394 e. The Balaban J connectivity index is 3.47. The number of aliphatic hydroxyl groups is 2. The Morgan fingerprint density at radius 1 is 0.426 bits per heavy atom. The van der Waals surface area contributed by atoms with Crippen LogP contribution in [0.2, 0.25) is 0 Å². The van der Waals surface area contributed by atoms with Gasteiger partial charge in [0.1, 0.15) is 0 Å². The largest absolute Gasteiger partial charge is 0.394 e. The SMILES string of the molecule is CCCCCCCCCCCCCCCCCCCCC(O)C(CO)NC(=O)CCCCCCCCCCCCCCCCCCC. The summed E-state index contributed by atoms with van der Waals surface area (Å²) in [6.07, 6.45) is 47.4. The van der Waals surface area contributed by atoms with Gasteiger partial charge in [0.2, 0.25) is 5.91 Å². The number of rotatable bonds is 40. The quantitative estimate of drug-likeness (QED) is 0.0570. The molecule has 4 heteroatoms. The van der Waals surface area contributed by atoms with Gasteiger partial charge >= 0.3 is 0 Å². The second-order valence-electron chi connectivity index (χ2n) is 15.1. The first-order valence-electron chi connectivity index (χ1n) is 21.7. The fraction of sp³-hybridized carbons (Fsp3) is 0.977. The maximum absolute atomic E-state index is 12.4. The molecule has 0 saturated heterocycles. The molecule has 0 aromatic rings. The number of aliphatic hydroxyl groups excluding tert-OH is 2. The van der Waals surface area contributed by atoms with Crippen LogP contribution in [0, 0.1) is 0 Å². The summed E-state index contributed by atoms with van der Waals surface area (Å²) in [6, 6.07) is -0.529. The van der Waals surface area contributed by atoms with Gasteiger partial charge in [0, 0.05) is 6.42 Å². The molecule has 0 aliphatic heterocycles. The van der Waals surface area contributed by atoms with Crippen LogP contribution in [0.1, 0.15) is 251 Å². The normalized spacial score (nSPS) is 12.9. The minimum absolute atomic E-state index is 0.0261. The summed E-state index contributed by atoms with van der Waals surface area (Å²) >= 11 is 0. The molecular formula is C43H87NO3. The molecule has 0 heterocycles. The first-order chi connectivity index (χ1) is 23.2. The number of nitrogens with one attached hydrogen (secondary N) is 1. The molecule has 0 aromatic heterocycles. The lowest BCUT2D eigenvalue weighted by Crippen LogP contribution is -2.45. The maximum atomic E-state index is 12.4. The highest BCUT2D eigenvalue weighted by Gasteiger charge is 2.20. The van der Waals surface area contributed by atoms with Crippen LogP contribution in [0.25, 0.3) is 0 Å². The Bertz CT molecular complexity index is 598. The van der Waals surface area contributed by atoms with E-state index in [9.17, 15) is 15.0 Å². The van der Waals surface area contributed by atoms with Crippen molar-refractivity contribution in [1.29, 1.82) is 0 Å². The second-order valence-corrected chi connectivity index (χ2v) is 15.1. The van der Waals surface area contributed by atoms with Gasteiger partial charge in [-0.3, -0.25) is 4.79 Å². The molecule has 1 amide bonds. The number of carbonyl (C=O) groups is 1. The standard InChI is InChI=1S/C43H87NO3/c1-3-5-7-9-11-13-15-17-19-21-23-24-26-28-30-32-34-36-38-42(46)41(40-45)44-43(47)39-37-35-33-31-29-27-25-22-20-18-16-14-12-10-8-6-4-2/h41-42,45-46H,3-40H2,1-2H3,(H,44,47). The van der Waals surface area contributed by atoms with Gasteiger partial charge in [-0.1, -0.05) is 232 Å². The van der Waals surface area contributed by atoms with Crippen LogP contribution in [0.3, 0.4) is 0 Å². The summed E-state index contributed by atoms with van der Waals surface area (Å²) < 4.78 is 0. The molecule has 282 valence electrons. The number of unbranched alkanes of at least 4 members (excludes halogenated alkanes) is 33. The van der Waals surface area contributed by atoms with E-state index in [0.29, 0.717) is 12.8 Å². The summed E-state index contributed by atoms with van der Waals surface area (Å²) in [5.41, 5.74) is 0. The first kappa shape index (κ1) is 46.4. The summed E-state index contributed by atoms with van der Waals surface area (Å²) in [7, 11) is 0. The highest BCUT2D eigenvalue weighted by molar-refractivity contribution is 5.76. The van der Waals surface area contributed by atoms with E-state index in [4.69, 9.17) is 0 Å². The average Bonchev–Trinajstić information content (AvgIpc) is 3.07. The zero-order valence-corrected chi connectivity index (χ0v) is 32.3. The molecule has 3 N–H and O–H groups in total. The molecule has 0 radical (unpaired) electrons. The molecule has 0 aliphatic carbocycles. The Kier molecular flexibility index (Phi) is 39.3. The van der Waals surface area contributed by atoms with Crippen LogP contribution in [0.15, 0.2) is 0 Å². The molecule has 0 bridgehead atoms. The lowest BCUT2D eigenvalue weighted by atomic mass is 10.0. The molecule has 0 rings (SSSR count). The number of carbonyl (C=O) groups excluding carboxylic acids is 1. The Morgan fingerprint density at radius 2 is 0.681 bits per heavy atom. The Hall–Kier alpha value is -0.610. The average molecular weight is 666 g/mol. The molecule has 2 unspecified atom stereocenters. The molecule has 0 saturated carbocycles. The topological polar surface area (TPSA) is 69.6 Å². The van der Waals surface area contributed by atoms with Crippen molar-refractivity contribution in [1.82, 2.24) is 5.32 Å². The third kappa shape index (κ3) is 36.5. The van der Waals surface area contributed by atoms with Crippen LogP contribution in [-0.4, -0.2) is 34.9 Å². The second kappa shape index (κ2) is 39.8. The highest BCUT2D eigenvalue weighted by atomic mass is 16.3. The van der Waals surface area contributed by atoms with E-state index in [2.05, 4.69) is 19.2 Å². The number of amides is 1. The van der Waals surface area contributed by atoms with Crippen molar-refractivity contribution in [3.63, 3.8) is 0 Å². The smallest absolute Gasteiger partial charge is 0.220 e. The van der Waals surface area contributed by atoms with Crippen molar-refractivity contribution in [2.24, 2.45) is 0 Å². The summed E-state index contributed by atoms with van der Waals surface area (Å²) in [6.45, 7) is 4.38. The Labute approximate surface area is 295 Å². The van der Waals surface area contributed by atoms with Gasteiger partial charge in [-0.05, 0) is 12.8 Å². The zero-order valence-electron chi connectivity index (χ0n) is 32.3. The molecule has 0 spiro atoms. The summed E-state index contributed by atoms with van der Waals surface area (Å²) in [5.74, 6) is -0.0261. The lowest BCUT2D eigenvalue weighted by molar-refractivity contribution is -0.123. The molecule has 0 aliphatic rings. The van der Waals surface area contributed by atoms with E-state index in [0.717, 1.165) is 25.7 Å². The fourth-order valence-corrected chi connectivity index (χ4v) is 7.01. The first-order valence-corrected chi connectivity index (χ1v) is 21.7. The molecular weight excluding hydrogens is 578 g/mol. The molecule has 47 heavy (non-hydrogen) atoms. The fourth-order valence-electron chi connectivity index (χ4n) is 7.01. The molecule has 0 aromatic carbocycles. The Morgan fingerprint density at radius 3 is 0.957 bits per heavy atom. The van der Waals surface area contributed by atoms with Gasteiger partial charge in [-0.25, -0.2) is 0 Å². The van der Waals surface area contributed by atoms with Crippen molar-refractivity contribution < 1.29 is 15.0 Å². The van der Waals surface area contributed by atoms with Gasteiger partial charge in [-0.15, -0.1) is 0 Å². The van der Waals surface area contributed by atoms with Crippen LogP contribution in [0.5, 0.6) is 0 Å². The van der Waals surface area contributed by atoms with Crippen molar-refractivity contribution in [2.45, 2.75) is 264 Å². The van der Waals surface area contributed by atoms with Gasteiger partial charge in [0.05, 0.1) is 18.8 Å². The van der Waals surface area contributed by atoms with Gasteiger partial charge < -0.3 is 15.5 Å². The van der Waals surface area contributed by atoms with Crippen LogP contribution in [0.4, 0.5) is 0 Å². The van der Waals surface area contributed by atoms with E-state index in [-0.39, 0.29) is 12.5 Å². The van der Waals surface area contributed by atoms with Crippen molar-refractivity contribution in [3.05, 3.63) is 0 Å². The van der Waals surface area contributed by atoms with Crippen LogP contribution in [-0.2, 0) is 4.79 Å². The third-order valence-electron chi connectivity index (χ3n) is 10.4. The zero-order chi connectivity index (χ0) is 34.3. The van der Waals surface area contributed by atoms with E-state index < -0.39 is 12.1 Å².